The van der Waals surface area contributed by atoms with Gasteiger partial charge in [0.05, 0.1) is 11.5 Å². The Morgan fingerprint density at radius 3 is 2.54 bits per heavy atom. The van der Waals surface area contributed by atoms with Gasteiger partial charge in [-0.25, -0.2) is 0 Å². The minimum Gasteiger partial charge on any atom is -0.454 e. The number of amides is 2. The van der Waals surface area contributed by atoms with Crippen molar-refractivity contribution >= 4 is 11.8 Å². The molecule has 0 unspecified atom stereocenters. The summed E-state index contributed by atoms with van der Waals surface area (Å²) in [4.78, 5) is 28.0. The third kappa shape index (κ3) is 4.94. The normalized spacial score (nSPS) is 22.0. The summed E-state index contributed by atoms with van der Waals surface area (Å²) in [5, 5.41) is 2.91. The van der Waals surface area contributed by atoms with Gasteiger partial charge < -0.3 is 19.7 Å². The molecule has 0 spiro atoms. The first kappa shape index (κ1) is 23.5. The van der Waals surface area contributed by atoms with Crippen molar-refractivity contribution in [1.82, 2.24) is 10.2 Å². The molecule has 186 valence electrons. The van der Waals surface area contributed by atoms with E-state index in [4.69, 9.17) is 9.47 Å². The number of hydrogen-bond donors (Lipinski definition) is 1. The van der Waals surface area contributed by atoms with E-state index in [1.54, 1.807) is 23.1 Å². The maximum absolute atomic E-state index is 13.4. The van der Waals surface area contributed by atoms with Crippen LogP contribution in [0.25, 0.3) is 0 Å². The molecule has 5 rings (SSSR count). The summed E-state index contributed by atoms with van der Waals surface area (Å²) in [5.41, 5.74) is 0.481. The highest BCUT2D eigenvalue weighted by atomic mass is 19.4. The minimum atomic E-state index is -4.48. The molecule has 3 aliphatic rings. The van der Waals surface area contributed by atoms with E-state index in [-0.39, 0.29) is 44.2 Å². The smallest absolute Gasteiger partial charge is 0.416 e. The van der Waals surface area contributed by atoms with Crippen LogP contribution in [-0.4, -0.2) is 36.6 Å². The average Bonchev–Trinajstić information content (AvgIpc) is 3.62. The summed E-state index contributed by atoms with van der Waals surface area (Å²) in [5.74, 6) is -0.253. The molecular weight excluding hydrogens is 461 g/mol. The second-order valence-corrected chi connectivity index (χ2v) is 9.47. The van der Waals surface area contributed by atoms with E-state index < -0.39 is 23.6 Å². The third-order valence-corrected chi connectivity index (χ3v) is 7.22. The van der Waals surface area contributed by atoms with E-state index in [2.05, 4.69) is 5.32 Å². The van der Waals surface area contributed by atoms with Crippen molar-refractivity contribution in [2.45, 2.75) is 44.3 Å². The maximum atomic E-state index is 13.4. The number of rotatable bonds is 5. The fraction of sp³-hybridized carbons (Fsp3) is 0.462. The first-order valence-corrected chi connectivity index (χ1v) is 11.9. The third-order valence-electron chi connectivity index (χ3n) is 7.22. The molecule has 9 heteroatoms. The van der Waals surface area contributed by atoms with Crippen molar-refractivity contribution in [2.24, 2.45) is 11.8 Å². The number of nitrogens with one attached hydrogen (secondary N) is 1. The standard InChI is InChI=1S/C26H27F3N2O4/c27-26(28,29)19-7-3-6-18(11-19)20-13-31(25(33)17-4-1-2-5-17)14-21(20)24(32)30-12-16-8-9-22-23(10-16)35-15-34-22/h3,6-11,17,20-21H,1-2,4-5,12-15H2,(H,30,32)/t20-,21+/m0/s1. The van der Waals surface area contributed by atoms with Crippen LogP contribution >= 0.6 is 0 Å². The van der Waals surface area contributed by atoms with Crippen LogP contribution < -0.4 is 14.8 Å². The summed E-state index contributed by atoms with van der Waals surface area (Å²) in [7, 11) is 0. The van der Waals surface area contributed by atoms with E-state index in [1.807, 2.05) is 6.07 Å². The van der Waals surface area contributed by atoms with Crippen LogP contribution in [0.2, 0.25) is 0 Å². The van der Waals surface area contributed by atoms with E-state index in [0.717, 1.165) is 43.4 Å². The van der Waals surface area contributed by atoms with E-state index in [0.29, 0.717) is 17.1 Å². The molecule has 2 atom stereocenters. The van der Waals surface area contributed by atoms with Gasteiger partial charge in [-0.15, -0.1) is 0 Å². The number of nitrogens with zero attached hydrogens (tertiary/aromatic N) is 1. The quantitative estimate of drug-likeness (QED) is 0.674. The number of carbonyl (C=O) groups is 2. The SMILES string of the molecule is O=C(NCc1ccc2c(c1)OCO2)[C@@H]1CN(C(=O)C2CCCC2)C[C@H]1c1cccc(C(F)(F)F)c1. The molecule has 0 aromatic heterocycles. The molecule has 2 aromatic rings. The maximum Gasteiger partial charge on any atom is 0.416 e. The van der Waals surface area contributed by atoms with Gasteiger partial charge in [-0.2, -0.15) is 13.2 Å². The molecule has 0 radical (unpaired) electrons. The lowest BCUT2D eigenvalue weighted by molar-refractivity contribution is -0.138. The summed E-state index contributed by atoms with van der Waals surface area (Å²) in [6.45, 7) is 0.816. The number of fused-ring (bicyclic) bond motifs is 1. The lowest BCUT2D eigenvalue weighted by Crippen LogP contribution is -2.36. The predicted molar refractivity (Wildman–Crippen MR) is 121 cm³/mol. The van der Waals surface area contributed by atoms with Gasteiger partial charge in [-0.3, -0.25) is 9.59 Å². The number of carbonyl (C=O) groups excluding carboxylic acids is 2. The molecule has 6 nitrogen and oxygen atoms in total. The highest BCUT2D eigenvalue weighted by Gasteiger charge is 2.43. The molecule has 2 aliphatic heterocycles. The van der Waals surface area contributed by atoms with Gasteiger partial charge >= 0.3 is 6.18 Å². The van der Waals surface area contributed by atoms with Gasteiger partial charge in [0.1, 0.15) is 0 Å². The minimum absolute atomic E-state index is 0.00514. The molecule has 2 fully saturated rings. The summed E-state index contributed by atoms with van der Waals surface area (Å²) >= 11 is 0. The Morgan fingerprint density at radius 2 is 1.77 bits per heavy atom. The molecule has 2 heterocycles. The zero-order valence-corrected chi connectivity index (χ0v) is 19.1. The molecule has 35 heavy (non-hydrogen) atoms. The van der Waals surface area contributed by atoms with Crippen LogP contribution in [0.3, 0.4) is 0 Å². The predicted octanol–water partition coefficient (Wildman–Crippen LogP) is 4.48. The van der Waals surface area contributed by atoms with Gasteiger partial charge in [0.2, 0.25) is 18.6 Å². The van der Waals surface area contributed by atoms with Crippen molar-refractivity contribution in [2.75, 3.05) is 19.9 Å². The second kappa shape index (κ2) is 9.43. The molecular formula is C26H27F3N2O4. The highest BCUT2D eigenvalue weighted by Crippen LogP contribution is 2.38. The number of hydrogen-bond acceptors (Lipinski definition) is 4. The van der Waals surface area contributed by atoms with Crippen molar-refractivity contribution < 1.29 is 32.2 Å². The van der Waals surface area contributed by atoms with E-state index >= 15 is 0 Å². The number of alkyl halides is 3. The largest absolute Gasteiger partial charge is 0.454 e. The van der Waals surface area contributed by atoms with Crippen molar-refractivity contribution in [3.63, 3.8) is 0 Å². The second-order valence-electron chi connectivity index (χ2n) is 9.47. The van der Waals surface area contributed by atoms with Crippen LogP contribution in [0.1, 0.15) is 48.3 Å². The van der Waals surface area contributed by atoms with Crippen molar-refractivity contribution in [3.8, 4) is 11.5 Å². The molecule has 2 aromatic carbocycles. The van der Waals surface area contributed by atoms with E-state index in [9.17, 15) is 22.8 Å². The molecule has 0 bridgehead atoms. The van der Waals surface area contributed by atoms with Crippen molar-refractivity contribution in [1.29, 1.82) is 0 Å². The number of ether oxygens (including phenoxy) is 2. The fourth-order valence-electron chi connectivity index (χ4n) is 5.33. The number of halogens is 3. The summed E-state index contributed by atoms with van der Waals surface area (Å²) < 4.78 is 50.8. The Bertz CT molecular complexity index is 1110. The zero-order valence-electron chi connectivity index (χ0n) is 19.1. The van der Waals surface area contributed by atoms with Gasteiger partial charge in [-0.1, -0.05) is 37.1 Å². The van der Waals surface area contributed by atoms with Gasteiger partial charge in [0, 0.05) is 31.5 Å². The number of likely N-dealkylation sites (tertiary alicyclic amines) is 1. The Kier molecular flexibility index (Phi) is 6.34. The lowest BCUT2D eigenvalue weighted by Gasteiger charge is -2.20. The zero-order chi connectivity index (χ0) is 24.6. The van der Waals surface area contributed by atoms with Crippen LogP contribution in [0.15, 0.2) is 42.5 Å². The average molecular weight is 489 g/mol. The van der Waals surface area contributed by atoms with Crippen LogP contribution in [0.5, 0.6) is 11.5 Å². The Hall–Kier alpha value is -3.23. The molecule has 1 saturated carbocycles. The lowest BCUT2D eigenvalue weighted by atomic mass is 9.87. The summed E-state index contributed by atoms with van der Waals surface area (Å²) in [6.07, 6.45) is -0.832. The molecule has 1 saturated heterocycles. The Balaban J connectivity index is 1.35. The molecule has 1 aliphatic carbocycles. The van der Waals surface area contributed by atoms with Crippen LogP contribution in [-0.2, 0) is 22.3 Å². The topological polar surface area (TPSA) is 67.9 Å². The Morgan fingerprint density at radius 1 is 1.00 bits per heavy atom. The highest BCUT2D eigenvalue weighted by molar-refractivity contribution is 5.84. The monoisotopic (exact) mass is 488 g/mol. The first-order chi connectivity index (χ1) is 16.8. The van der Waals surface area contributed by atoms with Gasteiger partial charge in [0.25, 0.3) is 0 Å². The van der Waals surface area contributed by atoms with E-state index in [1.165, 1.54) is 6.07 Å². The molecule has 1 N–H and O–H groups in total. The van der Waals surface area contributed by atoms with Crippen molar-refractivity contribution in [3.05, 3.63) is 59.2 Å². The van der Waals surface area contributed by atoms with Crippen LogP contribution in [0.4, 0.5) is 13.2 Å². The Labute approximate surface area is 201 Å². The number of benzene rings is 2. The van der Waals surface area contributed by atoms with Gasteiger partial charge in [-0.05, 0) is 42.2 Å². The molecule has 2 amide bonds. The van der Waals surface area contributed by atoms with Crippen LogP contribution in [0, 0.1) is 11.8 Å². The summed E-state index contributed by atoms with van der Waals surface area (Å²) in [6, 6.07) is 10.5. The first-order valence-electron chi connectivity index (χ1n) is 11.9. The fourth-order valence-corrected chi connectivity index (χ4v) is 5.33. The van der Waals surface area contributed by atoms with Gasteiger partial charge in [0.15, 0.2) is 11.5 Å².